The van der Waals surface area contributed by atoms with E-state index in [2.05, 4.69) is 24.4 Å². The molecule has 1 aromatic carbocycles. The highest BCUT2D eigenvalue weighted by Gasteiger charge is 2.25. The Balaban J connectivity index is 1.87. The molecule has 2 nitrogen and oxygen atoms in total. The zero-order valence-corrected chi connectivity index (χ0v) is 12.7. The predicted molar refractivity (Wildman–Crippen MR) is 81.0 cm³/mol. The van der Waals surface area contributed by atoms with Crippen LogP contribution >= 0.6 is 11.6 Å². The molecule has 0 saturated heterocycles. The molecule has 0 heterocycles. The minimum absolute atomic E-state index is 0.702. The first-order valence-corrected chi connectivity index (χ1v) is 7.68. The summed E-state index contributed by atoms with van der Waals surface area (Å²) in [5.74, 6) is 3.22. The maximum absolute atomic E-state index is 6.02. The fourth-order valence-corrected chi connectivity index (χ4v) is 3.43. The van der Waals surface area contributed by atoms with E-state index in [1.165, 1.54) is 30.4 Å². The molecular formula is C16H24ClNO. The molecule has 0 bridgehead atoms. The smallest absolute Gasteiger partial charge is 0.123 e. The summed E-state index contributed by atoms with van der Waals surface area (Å²) in [6, 6.07) is 6.33. The number of benzene rings is 1. The molecule has 0 spiro atoms. The van der Waals surface area contributed by atoms with Crippen molar-refractivity contribution in [1.82, 2.24) is 5.32 Å². The summed E-state index contributed by atoms with van der Waals surface area (Å²) in [5.41, 5.74) is 2.51. The molecule has 2 atom stereocenters. The molecular weight excluding hydrogens is 258 g/mol. The van der Waals surface area contributed by atoms with Crippen LogP contribution in [0.15, 0.2) is 18.2 Å². The van der Waals surface area contributed by atoms with Gasteiger partial charge in [-0.15, -0.1) is 11.6 Å². The van der Waals surface area contributed by atoms with Gasteiger partial charge in [0.15, 0.2) is 0 Å². The summed E-state index contributed by atoms with van der Waals surface area (Å²) >= 11 is 6.02. The van der Waals surface area contributed by atoms with Gasteiger partial charge in [0.2, 0.25) is 0 Å². The number of methoxy groups -OCH3 is 1. The molecule has 0 amide bonds. The van der Waals surface area contributed by atoms with Crippen LogP contribution in [0, 0.1) is 18.8 Å². The van der Waals surface area contributed by atoms with Crippen molar-refractivity contribution in [3.05, 3.63) is 29.3 Å². The summed E-state index contributed by atoms with van der Waals surface area (Å²) in [7, 11) is 1.73. The number of rotatable bonds is 6. The number of alkyl halides is 1. The quantitative estimate of drug-likeness (QED) is 0.802. The topological polar surface area (TPSA) is 21.3 Å². The monoisotopic (exact) mass is 281 g/mol. The first-order valence-electron chi connectivity index (χ1n) is 7.14. The number of ether oxygens (including phenoxy) is 1. The summed E-state index contributed by atoms with van der Waals surface area (Å²) in [5, 5.41) is 3.57. The summed E-state index contributed by atoms with van der Waals surface area (Å²) < 4.78 is 5.40. The summed E-state index contributed by atoms with van der Waals surface area (Å²) in [6.45, 7) is 4.05. The van der Waals surface area contributed by atoms with E-state index in [-0.39, 0.29) is 0 Å². The molecule has 19 heavy (non-hydrogen) atoms. The molecule has 3 heteroatoms. The number of aryl methyl sites for hydroxylation is 1. The molecule has 1 aromatic rings. The Kier molecular flexibility index (Phi) is 5.53. The van der Waals surface area contributed by atoms with Crippen molar-refractivity contribution in [1.29, 1.82) is 0 Å². The summed E-state index contributed by atoms with van der Waals surface area (Å²) in [6.07, 6.45) is 3.94. The van der Waals surface area contributed by atoms with Crippen LogP contribution in [0.4, 0.5) is 0 Å². The van der Waals surface area contributed by atoms with Gasteiger partial charge in [-0.25, -0.2) is 0 Å². The SMILES string of the molecule is COc1ccc(C)cc1CNCC1CCCC1CCl. The Morgan fingerprint density at radius 1 is 1.32 bits per heavy atom. The van der Waals surface area contributed by atoms with E-state index in [1.807, 2.05) is 6.07 Å². The second kappa shape index (κ2) is 7.16. The second-order valence-electron chi connectivity index (χ2n) is 5.55. The van der Waals surface area contributed by atoms with Crippen LogP contribution in [0.3, 0.4) is 0 Å². The van der Waals surface area contributed by atoms with Crippen LogP contribution in [-0.4, -0.2) is 19.5 Å². The minimum Gasteiger partial charge on any atom is -0.496 e. The zero-order valence-electron chi connectivity index (χ0n) is 11.9. The van der Waals surface area contributed by atoms with Crippen molar-refractivity contribution in [3.8, 4) is 5.75 Å². The van der Waals surface area contributed by atoms with E-state index in [4.69, 9.17) is 16.3 Å². The highest BCUT2D eigenvalue weighted by Crippen LogP contribution is 2.32. The third-order valence-corrected chi connectivity index (χ3v) is 4.57. The molecule has 1 saturated carbocycles. The fourth-order valence-electron chi connectivity index (χ4n) is 3.02. The van der Waals surface area contributed by atoms with Crippen molar-refractivity contribution >= 4 is 11.6 Å². The van der Waals surface area contributed by atoms with Crippen LogP contribution in [-0.2, 0) is 6.54 Å². The molecule has 0 radical (unpaired) electrons. The lowest BCUT2D eigenvalue weighted by Gasteiger charge is -2.18. The van der Waals surface area contributed by atoms with Gasteiger partial charge in [-0.05, 0) is 44.2 Å². The maximum atomic E-state index is 6.02. The van der Waals surface area contributed by atoms with Crippen molar-refractivity contribution < 1.29 is 4.74 Å². The molecule has 1 aliphatic rings. The van der Waals surface area contributed by atoms with E-state index in [9.17, 15) is 0 Å². The van der Waals surface area contributed by atoms with Gasteiger partial charge < -0.3 is 10.1 Å². The first-order chi connectivity index (χ1) is 9.24. The van der Waals surface area contributed by atoms with Crippen LogP contribution in [0.2, 0.25) is 0 Å². The Labute approximate surface area is 121 Å². The second-order valence-corrected chi connectivity index (χ2v) is 5.86. The van der Waals surface area contributed by atoms with Gasteiger partial charge in [0.25, 0.3) is 0 Å². The third-order valence-electron chi connectivity index (χ3n) is 4.17. The Bertz CT molecular complexity index is 408. The largest absolute Gasteiger partial charge is 0.496 e. The van der Waals surface area contributed by atoms with E-state index in [0.29, 0.717) is 5.92 Å². The third kappa shape index (κ3) is 3.87. The Morgan fingerprint density at radius 2 is 2.11 bits per heavy atom. The van der Waals surface area contributed by atoms with Crippen LogP contribution in [0.1, 0.15) is 30.4 Å². The van der Waals surface area contributed by atoms with Crippen molar-refractivity contribution in [2.24, 2.45) is 11.8 Å². The summed E-state index contributed by atoms with van der Waals surface area (Å²) in [4.78, 5) is 0. The maximum Gasteiger partial charge on any atom is 0.123 e. The van der Waals surface area contributed by atoms with Gasteiger partial charge in [-0.3, -0.25) is 0 Å². The standard InChI is InChI=1S/C16H24ClNO/c1-12-6-7-16(19-2)15(8-12)11-18-10-14-5-3-4-13(14)9-17/h6-8,13-14,18H,3-5,9-11H2,1-2H3. The number of hydrogen-bond acceptors (Lipinski definition) is 2. The number of hydrogen-bond donors (Lipinski definition) is 1. The van der Waals surface area contributed by atoms with Gasteiger partial charge in [0.1, 0.15) is 5.75 Å². The van der Waals surface area contributed by atoms with Crippen molar-refractivity contribution in [3.63, 3.8) is 0 Å². The normalized spacial score (nSPS) is 22.7. The minimum atomic E-state index is 0.702. The predicted octanol–water partition coefficient (Wildman–Crippen LogP) is 3.75. The van der Waals surface area contributed by atoms with E-state index in [0.717, 1.165) is 30.6 Å². The molecule has 1 N–H and O–H groups in total. The van der Waals surface area contributed by atoms with Gasteiger partial charge in [-0.2, -0.15) is 0 Å². The lowest BCUT2D eigenvalue weighted by molar-refractivity contribution is 0.386. The molecule has 1 fully saturated rings. The lowest BCUT2D eigenvalue weighted by atomic mass is 9.98. The highest BCUT2D eigenvalue weighted by molar-refractivity contribution is 6.18. The fraction of sp³-hybridized carbons (Fsp3) is 0.625. The van der Waals surface area contributed by atoms with Crippen LogP contribution < -0.4 is 10.1 Å². The average Bonchev–Trinajstić information content (AvgIpc) is 2.86. The molecule has 0 aliphatic heterocycles. The van der Waals surface area contributed by atoms with Gasteiger partial charge >= 0.3 is 0 Å². The van der Waals surface area contributed by atoms with Gasteiger partial charge in [0, 0.05) is 18.0 Å². The van der Waals surface area contributed by atoms with Crippen molar-refractivity contribution in [2.75, 3.05) is 19.5 Å². The Hall–Kier alpha value is -0.730. The van der Waals surface area contributed by atoms with Crippen LogP contribution in [0.5, 0.6) is 5.75 Å². The van der Waals surface area contributed by atoms with E-state index in [1.54, 1.807) is 7.11 Å². The van der Waals surface area contributed by atoms with Gasteiger partial charge in [-0.1, -0.05) is 24.1 Å². The van der Waals surface area contributed by atoms with Gasteiger partial charge in [0.05, 0.1) is 7.11 Å². The lowest BCUT2D eigenvalue weighted by Crippen LogP contribution is -2.25. The Morgan fingerprint density at radius 3 is 2.84 bits per heavy atom. The van der Waals surface area contributed by atoms with E-state index < -0.39 is 0 Å². The molecule has 0 aromatic heterocycles. The molecule has 2 unspecified atom stereocenters. The van der Waals surface area contributed by atoms with Crippen molar-refractivity contribution in [2.45, 2.75) is 32.7 Å². The van der Waals surface area contributed by atoms with Crippen LogP contribution in [0.25, 0.3) is 0 Å². The number of nitrogens with one attached hydrogen (secondary N) is 1. The molecule has 106 valence electrons. The molecule has 2 rings (SSSR count). The first kappa shape index (κ1) is 14.7. The highest BCUT2D eigenvalue weighted by atomic mass is 35.5. The molecule has 1 aliphatic carbocycles. The zero-order chi connectivity index (χ0) is 13.7. The number of halogens is 1. The average molecular weight is 282 g/mol. The van der Waals surface area contributed by atoms with E-state index >= 15 is 0 Å².